The van der Waals surface area contributed by atoms with E-state index in [0.717, 1.165) is 5.57 Å². The predicted molar refractivity (Wildman–Crippen MR) is 148 cm³/mol. The first kappa shape index (κ1) is 32.5. The highest BCUT2D eigenvalue weighted by Gasteiger charge is 2.31. The summed E-state index contributed by atoms with van der Waals surface area (Å²) in [5.41, 5.74) is 1.07. The van der Waals surface area contributed by atoms with Gasteiger partial charge in [0, 0.05) is 43.5 Å². The van der Waals surface area contributed by atoms with Crippen LogP contribution < -0.4 is 16.0 Å². The second-order valence-electron chi connectivity index (χ2n) is 10.7. The van der Waals surface area contributed by atoms with Crippen molar-refractivity contribution in [2.24, 2.45) is 17.8 Å². The Morgan fingerprint density at radius 1 is 1.23 bits per heavy atom. The molecule has 11 heteroatoms. The van der Waals surface area contributed by atoms with Crippen LogP contribution in [-0.4, -0.2) is 59.9 Å². The van der Waals surface area contributed by atoms with Gasteiger partial charge in [-0.05, 0) is 52.4 Å². The fourth-order valence-corrected chi connectivity index (χ4v) is 4.40. The summed E-state index contributed by atoms with van der Waals surface area (Å²) in [4.78, 5) is 63.2. The normalized spacial score (nSPS) is 17.2. The Hall–Kier alpha value is -3.76. The Morgan fingerprint density at radius 3 is 2.50 bits per heavy atom. The van der Waals surface area contributed by atoms with Crippen molar-refractivity contribution < 1.29 is 33.2 Å². The highest BCUT2D eigenvalue weighted by molar-refractivity contribution is 5.97. The van der Waals surface area contributed by atoms with E-state index in [1.54, 1.807) is 19.9 Å². The van der Waals surface area contributed by atoms with E-state index in [9.17, 15) is 24.0 Å². The molecule has 0 radical (unpaired) electrons. The molecule has 1 aliphatic heterocycles. The van der Waals surface area contributed by atoms with Gasteiger partial charge in [0.15, 0.2) is 11.5 Å². The second kappa shape index (κ2) is 15.7. The van der Waals surface area contributed by atoms with Gasteiger partial charge < -0.3 is 25.2 Å². The molecule has 1 aromatic heterocycles. The predicted octanol–water partition coefficient (Wildman–Crippen LogP) is 2.80. The van der Waals surface area contributed by atoms with Gasteiger partial charge in [-0.25, -0.2) is 4.79 Å². The van der Waals surface area contributed by atoms with Crippen molar-refractivity contribution in [3.8, 4) is 0 Å². The van der Waals surface area contributed by atoms with E-state index in [4.69, 9.17) is 9.26 Å². The van der Waals surface area contributed by atoms with Gasteiger partial charge in [-0.1, -0.05) is 36.7 Å². The molecule has 11 nitrogen and oxygen atoms in total. The third-order valence-electron chi connectivity index (χ3n) is 6.52. The quantitative estimate of drug-likeness (QED) is 0.169. The van der Waals surface area contributed by atoms with Crippen molar-refractivity contribution >= 4 is 29.5 Å². The molecular weight excluding hydrogens is 516 g/mol. The van der Waals surface area contributed by atoms with Crippen LogP contribution in [0.2, 0.25) is 0 Å². The van der Waals surface area contributed by atoms with Crippen molar-refractivity contribution in [2.45, 2.75) is 79.3 Å². The number of allylic oxidation sites excluding steroid dienone is 2. The number of amides is 3. The zero-order valence-corrected chi connectivity index (χ0v) is 24.2. The fourth-order valence-electron chi connectivity index (χ4n) is 4.40. The van der Waals surface area contributed by atoms with Crippen LogP contribution >= 0.6 is 0 Å². The molecule has 0 saturated carbocycles. The Morgan fingerprint density at radius 2 is 1.95 bits per heavy atom. The average molecular weight is 559 g/mol. The molecule has 0 bridgehead atoms. The number of carbonyl (C=O) groups excluding carboxylic acids is 5. The van der Waals surface area contributed by atoms with Crippen molar-refractivity contribution in [3.05, 3.63) is 41.3 Å². The molecule has 3 N–H and O–H groups in total. The number of rotatable bonds is 15. The zero-order valence-electron chi connectivity index (χ0n) is 24.2. The SMILES string of the molecule is CCOC(=O)/C=C/[C@H](C[C@@H]1CNC(=O)C1)NC(=O)[C@H](CC=C(C)C)CC(=O)[C@@H](NC(=O)c1cc(C)on1)C(C)C. The van der Waals surface area contributed by atoms with E-state index in [0.29, 0.717) is 31.6 Å². The van der Waals surface area contributed by atoms with Crippen LogP contribution in [-0.2, 0) is 23.9 Å². The summed E-state index contributed by atoms with van der Waals surface area (Å²) in [5.74, 6) is -2.24. The number of aryl methyl sites for hydroxylation is 1. The van der Waals surface area contributed by atoms with E-state index in [1.807, 2.05) is 33.8 Å². The molecule has 2 heterocycles. The number of carbonyl (C=O) groups is 5. The third kappa shape index (κ3) is 10.8. The Bertz CT molecular complexity index is 1120. The van der Waals surface area contributed by atoms with Gasteiger partial charge in [-0.2, -0.15) is 0 Å². The number of hydrogen-bond donors (Lipinski definition) is 3. The Kier molecular flexibility index (Phi) is 12.8. The van der Waals surface area contributed by atoms with Gasteiger partial charge in [0.2, 0.25) is 11.8 Å². The lowest BCUT2D eigenvalue weighted by atomic mass is 9.89. The number of hydrogen-bond acceptors (Lipinski definition) is 8. The zero-order chi connectivity index (χ0) is 29.8. The monoisotopic (exact) mass is 558 g/mol. The first-order valence-electron chi connectivity index (χ1n) is 13.7. The molecule has 0 spiro atoms. The van der Waals surface area contributed by atoms with E-state index in [1.165, 1.54) is 12.1 Å². The van der Waals surface area contributed by atoms with E-state index >= 15 is 0 Å². The molecule has 40 heavy (non-hydrogen) atoms. The molecule has 2 rings (SSSR count). The molecule has 1 saturated heterocycles. The fraction of sp³-hybridized carbons (Fsp3) is 0.586. The van der Waals surface area contributed by atoms with E-state index in [2.05, 4.69) is 21.1 Å². The van der Waals surface area contributed by atoms with Gasteiger partial charge in [0.25, 0.3) is 5.91 Å². The van der Waals surface area contributed by atoms with Crippen LogP contribution in [0.25, 0.3) is 0 Å². The maximum atomic E-state index is 13.5. The first-order valence-corrected chi connectivity index (χ1v) is 13.7. The largest absolute Gasteiger partial charge is 0.463 e. The minimum atomic E-state index is -0.832. The number of ketones is 1. The third-order valence-corrected chi connectivity index (χ3v) is 6.52. The van der Waals surface area contributed by atoms with Crippen molar-refractivity contribution in [1.82, 2.24) is 21.1 Å². The number of nitrogens with zero attached hydrogens (tertiary/aromatic N) is 1. The average Bonchev–Trinajstić information content (AvgIpc) is 3.50. The van der Waals surface area contributed by atoms with Crippen LogP contribution in [0.15, 0.2) is 34.4 Å². The summed E-state index contributed by atoms with van der Waals surface area (Å²) in [6, 6.07) is 0.108. The van der Waals surface area contributed by atoms with Crippen LogP contribution in [0.5, 0.6) is 0 Å². The van der Waals surface area contributed by atoms with Gasteiger partial charge in [0.1, 0.15) is 5.76 Å². The summed E-state index contributed by atoms with van der Waals surface area (Å²) in [6.07, 6.45) is 5.71. The van der Waals surface area contributed by atoms with E-state index in [-0.39, 0.29) is 48.2 Å². The van der Waals surface area contributed by atoms with E-state index < -0.39 is 29.9 Å². The smallest absolute Gasteiger partial charge is 0.330 e. The maximum Gasteiger partial charge on any atom is 0.330 e. The number of aromatic nitrogens is 1. The van der Waals surface area contributed by atoms with Crippen LogP contribution in [0.4, 0.5) is 0 Å². The van der Waals surface area contributed by atoms with Crippen LogP contribution in [0.3, 0.4) is 0 Å². The number of esters is 1. The summed E-state index contributed by atoms with van der Waals surface area (Å²) in [7, 11) is 0. The molecule has 220 valence electrons. The Labute approximate surface area is 235 Å². The lowest BCUT2D eigenvalue weighted by molar-refractivity contribution is -0.137. The molecule has 1 fully saturated rings. The summed E-state index contributed by atoms with van der Waals surface area (Å²) >= 11 is 0. The van der Waals surface area contributed by atoms with Gasteiger partial charge in [0.05, 0.1) is 12.6 Å². The molecule has 0 aromatic carbocycles. The number of ether oxygens (including phenoxy) is 1. The summed E-state index contributed by atoms with van der Waals surface area (Å²) < 4.78 is 9.93. The highest BCUT2D eigenvalue weighted by Crippen LogP contribution is 2.20. The number of nitrogens with one attached hydrogen (secondary N) is 3. The molecule has 4 atom stereocenters. The lowest BCUT2D eigenvalue weighted by Crippen LogP contribution is -2.46. The first-order chi connectivity index (χ1) is 18.9. The van der Waals surface area contributed by atoms with Gasteiger partial charge >= 0.3 is 5.97 Å². The van der Waals surface area contributed by atoms with Gasteiger partial charge in [-0.3, -0.25) is 19.2 Å². The van der Waals surface area contributed by atoms with Crippen molar-refractivity contribution in [3.63, 3.8) is 0 Å². The highest BCUT2D eigenvalue weighted by atomic mass is 16.5. The van der Waals surface area contributed by atoms with Crippen LogP contribution in [0, 0.1) is 24.7 Å². The molecule has 0 aliphatic carbocycles. The minimum absolute atomic E-state index is 0.0109. The lowest BCUT2D eigenvalue weighted by Gasteiger charge is -2.25. The van der Waals surface area contributed by atoms with Crippen molar-refractivity contribution in [2.75, 3.05) is 13.2 Å². The number of Topliss-reactive ketones (excluding diaryl/α,β-unsaturated/α-hetero) is 1. The summed E-state index contributed by atoms with van der Waals surface area (Å²) in [5, 5.41) is 12.2. The molecule has 1 aliphatic rings. The van der Waals surface area contributed by atoms with Crippen LogP contribution in [0.1, 0.15) is 76.6 Å². The minimum Gasteiger partial charge on any atom is -0.463 e. The Balaban J connectivity index is 2.20. The second-order valence-corrected chi connectivity index (χ2v) is 10.7. The molecular formula is C29H42N4O7. The van der Waals surface area contributed by atoms with Crippen molar-refractivity contribution in [1.29, 1.82) is 0 Å². The molecule has 1 aromatic rings. The maximum absolute atomic E-state index is 13.5. The van der Waals surface area contributed by atoms with Gasteiger partial charge in [-0.15, -0.1) is 0 Å². The molecule has 3 amide bonds. The summed E-state index contributed by atoms with van der Waals surface area (Å²) in [6.45, 7) is 11.5. The topological polar surface area (TPSA) is 157 Å². The standard InChI is InChI=1S/C29H42N4O7/c1-7-39-26(36)11-10-22(13-20-14-25(35)30-16-20)31-28(37)21(9-8-17(2)3)15-24(34)27(18(4)5)32-29(38)23-12-19(6)40-33-23/h8,10-12,18,20-22,27H,7,9,13-16H2,1-6H3,(H,30,35)(H,31,37)(H,32,38)/b11-10+/t20-,21+,22+,27-/m0/s1. The molecule has 0 unspecified atom stereocenters.